The Hall–Kier alpha value is -2.42. The molecule has 0 aliphatic carbocycles. The highest BCUT2D eigenvalue weighted by atomic mass is 16.3. The second-order valence-electron chi connectivity index (χ2n) is 7.23. The number of aliphatic hydroxyl groups is 1. The number of rotatable bonds is 9. The van der Waals surface area contributed by atoms with Crippen molar-refractivity contribution in [3.05, 3.63) is 108 Å². The molecule has 0 atom stereocenters. The van der Waals surface area contributed by atoms with Crippen LogP contribution in [0.1, 0.15) is 29.5 Å². The molecular weight excluding hydrogens is 330 g/mol. The first kappa shape index (κ1) is 19.3. The highest BCUT2D eigenvalue weighted by Gasteiger charge is 2.30. The Morgan fingerprint density at radius 3 is 1.70 bits per heavy atom. The zero-order chi connectivity index (χ0) is 19.0. The van der Waals surface area contributed by atoms with Gasteiger partial charge in [0.2, 0.25) is 0 Å². The third-order valence-corrected chi connectivity index (χ3v) is 5.21. The highest BCUT2D eigenvalue weighted by Crippen LogP contribution is 2.34. The van der Waals surface area contributed by atoms with Crippen LogP contribution < -0.4 is 0 Å². The number of hydrogen-bond donors (Lipinski definition) is 1. The summed E-state index contributed by atoms with van der Waals surface area (Å²) >= 11 is 0. The maximum atomic E-state index is 11.6. The van der Waals surface area contributed by atoms with Gasteiger partial charge in [0.25, 0.3) is 0 Å². The van der Waals surface area contributed by atoms with Crippen molar-refractivity contribution in [2.24, 2.45) is 0 Å². The maximum Gasteiger partial charge on any atom is 0.115 e. The van der Waals surface area contributed by atoms with E-state index in [-0.39, 0.29) is 0 Å². The second-order valence-corrected chi connectivity index (χ2v) is 7.23. The minimum atomic E-state index is -0.942. The molecule has 0 aliphatic heterocycles. The van der Waals surface area contributed by atoms with Crippen LogP contribution in [0, 0.1) is 0 Å². The maximum absolute atomic E-state index is 11.6. The molecule has 2 heteroatoms. The van der Waals surface area contributed by atoms with Crippen LogP contribution in [0.5, 0.6) is 0 Å². The summed E-state index contributed by atoms with van der Waals surface area (Å²) in [6, 6.07) is 30.6. The second kappa shape index (κ2) is 9.50. The lowest BCUT2D eigenvalue weighted by molar-refractivity contribution is 0.0658. The Kier molecular flexibility index (Phi) is 6.80. The molecule has 27 heavy (non-hydrogen) atoms. The molecule has 2 nitrogen and oxygen atoms in total. The van der Waals surface area contributed by atoms with Crippen LogP contribution in [0.25, 0.3) is 0 Å². The lowest BCUT2D eigenvalue weighted by Crippen LogP contribution is -2.30. The number of hydrogen-bond acceptors (Lipinski definition) is 2. The van der Waals surface area contributed by atoms with Gasteiger partial charge in [-0.05, 0) is 49.5 Å². The minimum Gasteiger partial charge on any atom is -0.380 e. The summed E-state index contributed by atoms with van der Waals surface area (Å²) in [7, 11) is 2.16. The van der Waals surface area contributed by atoms with E-state index in [1.807, 2.05) is 60.7 Å². The van der Waals surface area contributed by atoms with Crippen molar-refractivity contribution < 1.29 is 5.11 Å². The summed E-state index contributed by atoms with van der Waals surface area (Å²) in [5.41, 5.74) is 2.35. The molecule has 1 N–H and O–H groups in total. The standard InChI is InChI=1S/C25H29NO/c1-26(21-18-22-12-5-2-6-13-22)20-11-19-25(27,23-14-7-3-8-15-23)24-16-9-4-10-17-24/h2-10,12-17,27H,11,18-21H2,1H3. The monoisotopic (exact) mass is 359 g/mol. The average Bonchev–Trinajstić information content (AvgIpc) is 2.74. The Morgan fingerprint density at radius 2 is 1.19 bits per heavy atom. The van der Waals surface area contributed by atoms with Crippen LogP contribution in [-0.2, 0) is 12.0 Å². The lowest BCUT2D eigenvalue weighted by atomic mass is 9.82. The molecule has 0 heterocycles. The Balaban J connectivity index is 1.60. The Bertz CT molecular complexity index is 747. The molecule has 3 aromatic rings. The summed E-state index contributed by atoms with van der Waals surface area (Å²) in [6.07, 6.45) is 2.70. The minimum absolute atomic E-state index is 0.705. The zero-order valence-corrected chi connectivity index (χ0v) is 16.1. The summed E-state index contributed by atoms with van der Waals surface area (Å²) in [5.74, 6) is 0. The third-order valence-electron chi connectivity index (χ3n) is 5.21. The topological polar surface area (TPSA) is 23.5 Å². The number of nitrogens with zero attached hydrogens (tertiary/aromatic N) is 1. The van der Waals surface area contributed by atoms with Gasteiger partial charge in [-0.1, -0.05) is 91.0 Å². The van der Waals surface area contributed by atoms with Gasteiger partial charge in [0.1, 0.15) is 5.60 Å². The normalized spacial score (nSPS) is 11.7. The summed E-state index contributed by atoms with van der Waals surface area (Å²) in [6.45, 7) is 1.99. The Morgan fingerprint density at radius 1 is 0.704 bits per heavy atom. The van der Waals surface area contributed by atoms with Gasteiger partial charge < -0.3 is 10.0 Å². The van der Waals surface area contributed by atoms with Crippen molar-refractivity contribution >= 4 is 0 Å². The number of likely N-dealkylation sites (N-methyl/N-ethyl adjacent to an activating group) is 1. The van der Waals surface area contributed by atoms with E-state index in [4.69, 9.17) is 0 Å². The van der Waals surface area contributed by atoms with E-state index >= 15 is 0 Å². The first-order valence-electron chi connectivity index (χ1n) is 9.74. The van der Waals surface area contributed by atoms with Crippen LogP contribution in [0.4, 0.5) is 0 Å². The van der Waals surface area contributed by atoms with Crippen LogP contribution >= 0.6 is 0 Å². The highest BCUT2D eigenvalue weighted by molar-refractivity contribution is 5.35. The van der Waals surface area contributed by atoms with E-state index in [9.17, 15) is 5.11 Å². The summed E-state index contributed by atoms with van der Waals surface area (Å²) in [4.78, 5) is 2.35. The quantitative estimate of drug-likeness (QED) is 0.589. The zero-order valence-electron chi connectivity index (χ0n) is 16.1. The Labute approximate surface area is 163 Å². The predicted octanol–water partition coefficient (Wildman–Crippen LogP) is 4.88. The van der Waals surface area contributed by atoms with E-state index < -0.39 is 5.60 Å². The lowest BCUT2D eigenvalue weighted by Gasteiger charge is -2.30. The molecule has 0 unspecified atom stereocenters. The molecule has 3 aromatic carbocycles. The smallest absolute Gasteiger partial charge is 0.115 e. The fraction of sp³-hybridized carbons (Fsp3) is 0.280. The van der Waals surface area contributed by atoms with Crippen molar-refractivity contribution in [3.8, 4) is 0 Å². The molecule has 0 aromatic heterocycles. The van der Waals surface area contributed by atoms with Crippen molar-refractivity contribution in [2.75, 3.05) is 20.1 Å². The fourth-order valence-corrected chi connectivity index (χ4v) is 3.56. The first-order chi connectivity index (χ1) is 13.2. The van der Waals surface area contributed by atoms with Crippen molar-refractivity contribution in [2.45, 2.75) is 24.9 Å². The van der Waals surface area contributed by atoms with Gasteiger partial charge in [-0.25, -0.2) is 0 Å². The van der Waals surface area contributed by atoms with Gasteiger partial charge in [0, 0.05) is 6.54 Å². The summed E-state index contributed by atoms with van der Waals surface area (Å²) in [5, 5.41) is 11.6. The van der Waals surface area contributed by atoms with Crippen LogP contribution in [0.15, 0.2) is 91.0 Å². The van der Waals surface area contributed by atoms with E-state index in [2.05, 4.69) is 42.3 Å². The molecule has 0 saturated carbocycles. The van der Waals surface area contributed by atoms with E-state index in [0.29, 0.717) is 6.42 Å². The van der Waals surface area contributed by atoms with Crippen molar-refractivity contribution in [1.82, 2.24) is 4.90 Å². The van der Waals surface area contributed by atoms with Gasteiger partial charge in [0.15, 0.2) is 0 Å². The van der Waals surface area contributed by atoms with Crippen LogP contribution in [0.3, 0.4) is 0 Å². The van der Waals surface area contributed by atoms with E-state index in [0.717, 1.165) is 37.1 Å². The molecule has 0 amide bonds. The van der Waals surface area contributed by atoms with Crippen molar-refractivity contribution in [1.29, 1.82) is 0 Å². The van der Waals surface area contributed by atoms with E-state index in [1.165, 1.54) is 5.56 Å². The molecule has 0 spiro atoms. The third kappa shape index (κ3) is 5.29. The molecule has 3 rings (SSSR count). The molecule has 0 aliphatic rings. The largest absolute Gasteiger partial charge is 0.380 e. The van der Waals surface area contributed by atoms with Crippen LogP contribution in [0.2, 0.25) is 0 Å². The van der Waals surface area contributed by atoms with E-state index in [1.54, 1.807) is 0 Å². The molecule has 0 fully saturated rings. The predicted molar refractivity (Wildman–Crippen MR) is 113 cm³/mol. The average molecular weight is 360 g/mol. The van der Waals surface area contributed by atoms with Gasteiger partial charge in [-0.15, -0.1) is 0 Å². The molecule has 0 bridgehead atoms. The van der Waals surface area contributed by atoms with Gasteiger partial charge in [0.05, 0.1) is 0 Å². The van der Waals surface area contributed by atoms with Gasteiger partial charge in [-0.3, -0.25) is 0 Å². The number of benzene rings is 3. The van der Waals surface area contributed by atoms with Crippen molar-refractivity contribution in [3.63, 3.8) is 0 Å². The molecule has 0 radical (unpaired) electrons. The van der Waals surface area contributed by atoms with Gasteiger partial charge in [-0.2, -0.15) is 0 Å². The van der Waals surface area contributed by atoms with Crippen LogP contribution in [-0.4, -0.2) is 30.1 Å². The fourth-order valence-electron chi connectivity index (χ4n) is 3.56. The molecule has 0 saturated heterocycles. The first-order valence-corrected chi connectivity index (χ1v) is 9.74. The summed E-state index contributed by atoms with van der Waals surface area (Å²) < 4.78 is 0. The SMILES string of the molecule is CN(CCCC(O)(c1ccccc1)c1ccccc1)CCc1ccccc1. The van der Waals surface area contributed by atoms with Gasteiger partial charge >= 0.3 is 0 Å². The molecular formula is C25H29NO. The molecule has 140 valence electrons.